The normalized spacial score (nSPS) is 9.50. The first kappa shape index (κ1) is 10.1. The van der Waals surface area contributed by atoms with Crippen LogP contribution >= 0.6 is 0 Å². The lowest BCUT2D eigenvalue weighted by atomic mass is 10.3. The fourth-order valence-electron chi connectivity index (χ4n) is 1.19. The van der Waals surface area contributed by atoms with Crippen molar-refractivity contribution in [2.45, 2.75) is 6.92 Å². The van der Waals surface area contributed by atoms with Gasteiger partial charge in [-0.2, -0.15) is 10.4 Å². The second-order valence-corrected chi connectivity index (χ2v) is 3.22. The lowest BCUT2D eigenvalue weighted by Crippen LogP contribution is -1.98. The van der Waals surface area contributed by atoms with Crippen LogP contribution in [-0.4, -0.2) is 15.2 Å². The van der Waals surface area contributed by atoms with Crippen LogP contribution in [0.5, 0.6) is 0 Å². The standard InChI is InChI=1S/C11H9N5/c1-8-2-3-10(7-13-8)15-11-9(6-12)4-5-14-16-11/h2-5,7H,1H3,(H,15,16). The number of nitriles is 1. The topological polar surface area (TPSA) is 74.5 Å². The molecule has 5 heteroatoms. The number of pyridine rings is 1. The molecule has 0 aliphatic heterocycles. The Bertz CT molecular complexity index is 527. The molecule has 2 heterocycles. The quantitative estimate of drug-likeness (QED) is 0.819. The van der Waals surface area contributed by atoms with Crippen molar-refractivity contribution in [1.29, 1.82) is 5.26 Å². The molecule has 0 fully saturated rings. The van der Waals surface area contributed by atoms with Crippen LogP contribution in [0.25, 0.3) is 0 Å². The van der Waals surface area contributed by atoms with Gasteiger partial charge in [0.15, 0.2) is 5.82 Å². The van der Waals surface area contributed by atoms with Gasteiger partial charge in [0.2, 0.25) is 0 Å². The summed E-state index contributed by atoms with van der Waals surface area (Å²) in [4.78, 5) is 4.14. The Balaban J connectivity index is 2.27. The van der Waals surface area contributed by atoms with E-state index >= 15 is 0 Å². The zero-order valence-electron chi connectivity index (χ0n) is 8.68. The maximum Gasteiger partial charge on any atom is 0.171 e. The van der Waals surface area contributed by atoms with Crippen molar-refractivity contribution in [3.63, 3.8) is 0 Å². The van der Waals surface area contributed by atoms with Gasteiger partial charge in [-0.3, -0.25) is 4.98 Å². The predicted octanol–water partition coefficient (Wildman–Crippen LogP) is 1.80. The van der Waals surface area contributed by atoms with Crippen molar-refractivity contribution in [2.75, 3.05) is 5.32 Å². The van der Waals surface area contributed by atoms with Crippen LogP contribution in [0.4, 0.5) is 11.5 Å². The minimum Gasteiger partial charge on any atom is -0.336 e. The molecule has 0 unspecified atom stereocenters. The molecule has 78 valence electrons. The van der Waals surface area contributed by atoms with Gasteiger partial charge in [-0.1, -0.05) is 0 Å². The van der Waals surface area contributed by atoms with E-state index in [1.807, 2.05) is 25.1 Å². The largest absolute Gasteiger partial charge is 0.336 e. The Morgan fingerprint density at radius 1 is 1.31 bits per heavy atom. The molecule has 0 saturated heterocycles. The van der Waals surface area contributed by atoms with Crippen molar-refractivity contribution in [3.8, 4) is 6.07 Å². The molecule has 1 N–H and O–H groups in total. The van der Waals surface area contributed by atoms with Gasteiger partial charge >= 0.3 is 0 Å². The highest BCUT2D eigenvalue weighted by molar-refractivity contribution is 5.60. The zero-order chi connectivity index (χ0) is 11.4. The Labute approximate surface area is 92.8 Å². The summed E-state index contributed by atoms with van der Waals surface area (Å²) in [6.45, 7) is 1.91. The van der Waals surface area contributed by atoms with E-state index in [0.29, 0.717) is 11.4 Å². The molecule has 0 aromatic carbocycles. The Morgan fingerprint density at radius 3 is 2.88 bits per heavy atom. The fraction of sp³-hybridized carbons (Fsp3) is 0.0909. The van der Waals surface area contributed by atoms with Crippen LogP contribution in [0, 0.1) is 18.3 Å². The van der Waals surface area contributed by atoms with Crippen molar-refractivity contribution >= 4 is 11.5 Å². The van der Waals surface area contributed by atoms with Crippen LogP contribution in [0.3, 0.4) is 0 Å². The number of anilines is 2. The minimum absolute atomic E-state index is 0.440. The summed E-state index contributed by atoms with van der Waals surface area (Å²) in [5.41, 5.74) is 2.17. The molecule has 0 saturated carbocycles. The van der Waals surface area contributed by atoms with Gasteiger partial charge in [-0.25, -0.2) is 0 Å². The van der Waals surface area contributed by atoms with E-state index < -0.39 is 0 Å². The van der Waals surface area contributed by atoms with Crippen molar-refractivity contribution in [1.82, 2.24) is 15.2 Å². The third-order valence-electron chi connectivity index (χ3n) is 2.02. The third kappa shape index (κ3) is 2.12. The van der Waals surface area contributed by atoms with Gasteiger partial charge < -0.3 is 5.32 Å². The fourth-order valence-corrected chi connectivity index (χ4v) is 1.19. The second kappa shape index (κ2) is 4.36. The molecule has 2 aromatic heterocycles. The smallest absolute Gasteiger partial charge is 0.171 e. The van der Waals surface area contributed by atoms with Crippen LogP contribution in [0.2, 0.25) is 0 Å². The first-order valence-electron chi connectivity index (χ1n) is 4.71. The predicted molar refractivity (Wildman–Crippen MR) is 59.0 cm³/mol. The second-order valence-electron chi connectivity index (χ2n) is 3.22. The van der Waals surface area contributed by atoms with Gasteiger partial charge in [-0.05, 0) is 25.1 Å². The molecular weight excluding hydrogens is 202 g/mol. The summed E-state index contributed by atoms with van der Waals surface area (Å²) < 4.78 is 0. The zero-order valence-corrected chi connectivity index (χ0v) is 8.68. The van der Waals surface area contributed by atoms with Gasteiger partial charge in [0.05, 0.1) is 23.6 Å². The summed E-state index contributed by atoms with van der Waals surface area (Å²) in [7, 11) is 0. The van der Waals surface area contributed by atoms with Crippen LogP contribution in [0.1, 0.15) is 11.3 Å². The van der Waals surface area contributed by atoms with Crippen LogP contribution in [0.15, 0.2) is 30.6 Å². The highest BCUT2D eigenvalue weighted by Crippen LogP contribution is 2.15. The van der Waals surface area contributed by atoms with E-state index in [1.165, 1.54) is 6.20 Å². The monoisotopic (exact) mass is 211 g/mol. The number of rotatable bonds is 2. The summed E-state index contributed by atoms with van der Waals surface area (Å²) in [6, 6.07) is 7.40. The molecule has 2 rings (SSSR count). The number of nitrogens with zero attached hydrogens (tertiary/aromatic N) is 4. The van der Waals surface area contributed by atoms with Crippen LogP contribution < -0.4 is 5.32 Å². The van der Waals surface area contributed by atoms with Crippen molar-refractivity contribution < 1.29 is 0 Å². The average molecular weight is 211 g/mol. The van der Waals surface area contributed by atoms with Gasteiger partial charge in [0.25, 0.3) is 0 Å². The first-order valence-corrected chi connectivity index (χ1v) is 4.71. The molecule has 0 amide bonds. The Kier molecular flexibility index (Phi) is 2.74. The molecule has 0 aliphatic rings. The average Bonchev–Trinajstić information content (AvgIpc) is 2.33. The lowest BCUT2D eigenvalue weighted by molar-refractivity contribution is 1.03. The summed E-state index contributed by atoms with van der Waals surface area (Å²) in [6.07, 6.45) is 3.17. The van der Waals surface area contributed by atoms with Gasteiger partial charge in [0.1, 0.15) is 6.07 Å². The Morgan fingerprint density at radius 2 is 2.19 bits per heavy atom. The summed E-state index contributed by atoms with van der Waals surface area (Å²) >= 11 is 0. The van der Waals surface area contributed by atoms with E-state index in [9.17, 15) is 0 Å². The van der Waals surface area contributed by atoms with Crippen molar-refractivity contribution in [3.05, 3.63) is 41.9 Å². The highest BCUT2D eigenvalue weighted by Gasteiger charge is 2.03. The third-order valence-corrected chi connectivity index (χ3v) is 2.02. The number of aromatic nitrogens is 3. The molecule has 5 nitrogen and oxygen atoms in total. The molecular formula is C11H9N5. The first-order chi connectivity index (χ1) is 7.79. The van der Waals surface area contributed by atoms with Gasteiger partial charge in [-0.15, -0.1) is 5.10 Å². The molecule has 16 heavy (non-hydrogen) atoms. The lowest BCUT2D eigenvalue weighted by Gasteiger charge is -2.05. The molecule has 0 atom stereocenters. The maximum atomic E-state index is 8.87. The van der Waals surface area contributed by atoms with E-state index in [4.69, 9.17) is 5.26 Å². The van der Waals surface area contributed by atoms with E-state index in [0.717, 1.165) is 11.4 Å². The van der Waals surface area contributed by atoms with E-state index in [2.05, 4.69) is 20.5 Å². The van der Waals surface area contributed by atoms with Crippen molar-refractivity contribution in [2.24, 2.45) is 0 Å². The molecule has 0 spiro atoms. The number of hydrogen-bond acceptors (Lipinski definition) is 5. The van der Waals surface area contributed by atoms with E-state index in [1.54, 1.807) is 12.3 Å². The van der Waals surface area contributed by atoms with Crippen LogP contribution in [-0.2, 0) is 0 Å². The summed E-state index contributed by atoms with van der Waals surface area (Å²) in [5, 5.41) is 19.4. The molecule has 0 bridgehead atoms. The van der Waals surface area contributed by atoms with Gasteiger partial charge in [0, 0.05) is 5.69 Å². The number of aryl methyl sites for hydroxylation is 1. The SMILES string of the molecule is Cc1ccc(Nc2nnccc2C#N)cn1. The molecule has 0 aliphatic carbocycles. The number of hydrogen-bond donors (Lipinski definition) is 1. The number of nitrogens with one attached hydrogen (secondary N) is 1. The maximum absolute atomic E-state index is 8.87. The molecule has 0 radical (unpaired) electrons. The highest BCUT2D eigenvalue weighted by atomic mass is 15.2. The Hall–Kier alpha value is -2.48. The summed E-state index contributed by atoms with van der Waals surface area (Å²) in [5.74, 6) is 0.440. The molecule has 2 aromatic rings. The minimum atomic E-state index is 0.440. The van der Waals surface area contributed by atoms with E-state index in [-0.39, 0.29) is 0 Å².